The van der Waals surface area contributed by atoms with Crippen LogP contribution in [-0.4, -0.2) is 0 Å². The third-order valence-electron chi connectivity index (χ3n) is 3.51. The van der Waals surface area contributed by atoms with Crippen LogP contribution in [0.15, 0.2) is 48.5 Å². The Morgan fingerprint density at radius 3 is 2.26 bits per heavy atom. The second kappa shape index (κ2) is 5.44. The van der Waals surface area contributed by atoms with Crippen molar-refractivity contribution in [1.82, 2.24) is 0 Å². The molecule has 0 spiro atoms. The quantitative estimate of drug-likeness (QED) is 0.778. The maximum atomic E-state index is 6.22. The first-order chi connectivity index (χ1) is 9.24. The number of hydrogen-bond donors (Lipinski definition) is 1. The van der Waals surface area contributed by atoms with E-state index in [1.54, 1.807) is 0 Å². The molecule has 1 fully saturated rings. The number of nitrogens with one attached hydrogen (secondary N) is 1. The molecule has 1 unspecified atom stereocenters. The summed E-state index contributed by atoms with van der Waals surface area (Å²) in [6.07, 6.45) is 2.54. The zero-order chi connectivity index (χ0) is 13.2. The highest BCUT2D eigenvalue weighted by atomic mass is 35.5. The summed E-state index contributed by atoms with van der Waals surface area (Å²) in [5, 5.41) is 5.11. The van der Waals surface area contributed by atoms with Crippen LogP contribution in [0.25, 0.3) is 0 Å². The lowest BCUT2D eigenvalue weighted by Crippen LogP contribution is -2.13. The van der Waals surface area contributed by atoms with Crippen molar-refractivity contribution in [2.75, 3.05) is 5.32 Å². The van der Waals surface area contributed by atoms with E-state index in [-0.39, 0.29) is 0 Å². The Morgan fingerprint density at radius 1 is 0.947 bits per heavy atom. The Balaban J connectivity index is 1.86. The van der Waals surface area contributed by atoms with Gasteiger partial charge in [-0.25, -0.2) is 0 Å². The Kier molecular flexibility index (Phi) is 3.67. The van der Waals surface area contributed by atoms with E-state index in [0.29, 0.717) is 12.0 Å². The highest BCUT2D eigenvalue weighted by molar-refractivity contribution is 6.33. The molecule has 1 atom stereocenters. The largest absolute Gasteiger partial charge is 0.377 e. The third kappa shape index (κ3) is 3.05. The molecule has 0 radical (unpaired) electrons. The minimum atomic E-state index is 0.317. The minimum absolute atomic E-state index is 0.317. The highest BCUT2D eigenvalue weighted by Crippen LogP contribution is 2.43. The second-order valence-corrected chi connectivity index (χ2v) is 5.83. The van der Waals surface area contributed by atoms with Crippen molar-refractivity contribution >= 4 is 28.9 Å². The Labute approximate surface area is 123 Å². The van der Waals surface area contributed by atoms with E-state index in [4.69, 9.17) is 23.2 Å². The monoisotopic (exact) mass is 291 g/mol. The molecule has 1 aliphatic rings. The Morgan fingerprint density at radius 2 is 1.63 bits per heavy atom. The Bertz CT molecular complexity index is 561. The fourth-order valence-electron chi connectivity index (χ4n) is 2.32. The van der Waals surface area contributed by atoms with Gasteiger partial charge in [0.05, 0.1) is 16.8 Å². The van der Waals surface area contributed by atoms with Crippen LogP contribution in [-0.2, 0) is 0 Å². The van der Waals surface area contributed by atoms with E-state index in [1.807, 2.05) is 36.4 Å². The van der Waals surface area contributed by atoms with Crippen LogP contribution < -0.4 is 5.32 Å². The third-order valence-corrected chi connectivity index (χ3v) is 4.09. The number of hydrogen-bond acceptors (Lipinski definition) is 1. The molecule has 3 rings (SSSR count). The number of benzene rings is 2. The van der Waals surface area contributed by atoms with Crippen molar-refractivity contribution in [2.45, 2.75) is 18.9 Å². The maximum Gasteiger partial charge on any atom is 0.0637 e. The average molecular weight is 292 g/mol. The maximum absolute atomic E-state index is 6.22. The zero-order valence-corrected chi connectivity index (χ0v) is 12.0. The number of halogens is 2. The lowest BCUT2D eigenvalue weighted by molar-refractivity contribution is 0.679. The van der Waals surface area contributed by atoms with Crippen LogP contribution in [0.2, 0.25) is 10.0 Å². The molecule has 1 aliphatic carbocycles. The standard InChI is InChI=1S/C16H15Cl2N/c17-13-9-7-12(8-10-13)16(11-5-6-11)19-15-4-2-1-3-14(15)18/h1-4,7-11,16,19H,5-6H2. The second-order valence-electron chi connectivity index (χ2n) is 4.99. The smallest absolute Gasteiger partial charge is 0.0637 e. The zero-order valence-electron chi connectivity index (χ0n) is 10.4. The molecule has 2 aromatic carbocycles. The van der Waals surface area contributed by atoms with Crippen LogP contribution in [0.5, 0.6) is 0 Å². The lowest BCUT2D eigenvalue weighted by Gasteiger charge is -2.21. The van der Waals surface area contributed by atoms with Crippen LogP contribution in [0, 0.1) is 5.92 Å². The molecule has 1 nitrogen and oxygen atoms in total. The normalized spacial score (nSPS) is 16.1. The van der Waals surface area contributed by atoms with E-state index in [2.05, 4.69) is 17.4 Å². The first kappa shape index (κ1) is 12.8. The Hall–Kier alpha value is -1.18. The molecule has 0 aliphatic heterocycles. The molecule has 0 saturated heterocycles. The number of para-hydroxylation sites is 1. The van der Waals surface area contributed by atoms with E-state index >= 15 is 0 Å². The summed E-state index contributed by atoms with van der Waals surface area (Å²) >= 11 is 12.2. The van der Waals surface area contributed by atoms with Gasteiger partial charge >= 0.3 is 0 Å². The van der Waals surface area contributed by atoms with Crippen molar-refractivity contribution in [1.29, 1.82) is 0 Å². The summed E-state index contributed by atoms with van der Waals surface area (Å²) in [6, 6.07) is 16.3. The van der Waals surface area contributed by atoms with Crippen molar-refractivity contribution in [2.24, 2.45) is 5.92 Å². The summed E-state index contributed by atoms with van der Waals surface area (Å²) < 4.78 is 0. The molecule has 0 heterocycles. The molecule has 0 aromatic heterocycles. The van der Waals surface area contributed by atoms with Crippen LogP contribution in [0.1, 0.15) is 24.4 Å². The summed E-state index contributed by atoms with van der Waals surface area (Å²) in [5.41, 5.74) is 2.27. The predicted octanol–water partition coefficient (Wildman–Crippen LogP) is 5.56. The van der Waals surface area contributed by atoms with Gasteiger partial charge in [-0.15, -0.1) is 0 Å². The van der Waals surface area contributed by atoms with Gasteiger partial charge in [0.25, 0.3) is 0 Å². The molecule has 0 bridgehead atoms. The van der Waals surface area contributed by atoms with E-state index in [0.717, 1.165) is 15.7 Å². The van der Waals surface area contributed by atoms with Gasteiger partial charge in [0.1, 0.15) is 0 Å². The van der Waals surface area contributed by atoms with Crippen molar-refractivity contribution < 1.29 is 0 Å². The molecule has 98 valence electrons. The number of anilines is 1. The van der Waals surface area contributed by atoms with E-state index < -0.39 is 0 Å². The van der Waals surface area contributed by atoms with Gasteiger partial charge in [0.15, 0.2) is 0 Å². The SMILES string of the molecule is Clc1ccc(C(Nc2ccccc2Cl)C2CC2)cc1. The molecule has 0 amide bonds. The summed E-state index contributed by atoms with van der Waals surface area (Å²) in [6.45, 7) is 0. The molecule has 1 saturated carbocycles. The van der Waals surface area contributed by atoms with Crippen molar-refractivity contribution in [3.8, 4) is 0 Å². The lowest BCUT2D eigenvalue weighted by atomic mass is 10.0. The van der Waals surface area contributed by atoms with Gasteiger partial charge < -0.3 is 5.32 Å². The predicted molar refractivity (Wildman–Crippen MR) is 82.0 cm³/mol. The first-order valence-corrected chi connectivity index (χ1v) is 7.26. The van der Waals surface area contributed by atoms with Crippen LogP contribution >= 0.6 is 23.2 Å². The first-order valence-electron chi connectivity index (χ1n) is 6.50. The van der Waals surface area contributed by atoms with E-state index in [9.17, 15) is 0 Å². The minimum Gasteiger partial charge on any atom is -0.377 e. The number of rotatable bonds is 4. The van der Waals surface area contributed by atoms with Gasteiger partial charge in [0, 0.05) is 5.02 Å². The summed E-state index contributed by atoms with van der Waals surface area (Å²) in [4.78, 5) is 0. The van der Waals surface area contributed by atoms with Gasteiger partial charge in [-0.1, -0.05) is 47.5 Å². The molecule has 1 N–H and O–H groups in total. The summed E-state index contributed by atoms with van der Waals surface area (Å²) in [5.74, 6) is 0.692. The molecular formula is C16H15Cl2N. The van der Waals surface area contributed by atoms with Gasteiger partial charge in [-0.3, -0.25) is 0 Å². The van der Waals surface area contributed by atoms with Gasteiger partial charge in [-0.2, -0.15) is 0 Å². The molecule has 2 aromatic rings. The van der Waals surface area contributed by atoms with Crippen LogP contribution in [0.3, 0.4) is 0 Å². The molecule has 3 heteroatoms. The molecular weight excluding hydrogens is 277 g/mol. The van der Waals surface area contributed by atoms with Crippen molar-refractivity contribution in [3.05, 3.63) is 64.1 Å². The molecule has 19 heavy (non-hydrogen) atoms. The van der Waals surface area contributed by atoms with E-state index in [1.165, 1.54) is 18.4 Å². The van der Waals surface area contributed by atoms with Gasteiger partial charge in [-0.05, 0) is 48.6 Å². The van der Waals surface area contributed by atoms with Crippen molar-refractivity contribution in [3.63, 3.8) is 0 Å². The average Bonchev–Trinajstić information content (AvgIpc) is 3.24. The summed E-state index contributed by atoms with van der Waals surface area (Å²) in [7, 11) is 0. The van der Waals surface area contributed by atoms with Gasteiger partial charge in [0.2, 0.25) is 0 Å². The topological polar surface area (TPSA) is 12.0 Å². The fourth-order valence-corrected chi connectivity index (χ4v) is 2.64. The fraction of sp³-hybridized carbons (Fsp3) is 0.250. The highest BCUT2D eigenvalue weighted by Gasteiger charge is 2.32. The van der Waals surface area contributed by atoms with Crippen LogP contribution in [0.4, 0.5) is 5.69 Å².